The Bertz CT molecular complexity index is 925. The van der Waals surface area contributed by atoms with Gasteiger partial charge in [0.1, 0.15) is 10.3 Å². The van der Waals surface area contributed by atoms with E-state index >= 15 is 0 Å². The van der Waals surface area contributed by atoms with Crippen molar-refractivity contribution in [3.8, 4) is 0 Å². The fourth-order valence-electron chi connectivity index (χ4n) is 3.21. The second kappa shape index (κ2) is 7.21. The molecule has 1 aromatic carbocycles. The third kappa shape index (κ3) is 3.52. The van der Waals surface area contributed by atoms with E-state index in [1.807, 2.05) is 37.3 Å². The number of amides is 1. The van der Waals surface area contributed by atoms with Crippen molar-refractivity contribution >= 4 is 50.0 Å². The molecule has 4 rings (SSSR count). The minimum absolute atomic E-state index is 0.0136. The zero-order chi connectivity index (χ0) is 18.1. The number of piperidine rings is 1. The van der Waals surface area contributed by atoms with Crippen LogP contribution in [0.25, 0.3) is 10.3 Å². The SMILES string of the molecule is Cc1ccc(NC(=O)[C@H]2CCCN(c3nc4cccnc4s3)C2)c(Cl)c1. The molecule has 7 heteroatoms. The Kier molecular flexibility index (Phi) is 4.78. The van der Waals surface area contributed by atoms with Crippen LogP contribution < -0.4 is 10.2 Å². The Morgan fingerprint density at radius 1 is 1.38 bits per heavy atom. The molecular formula is C19H19ClN4OS. The van der Waals surface area contributed by atoms with Crippen molar-refractivity contribution in [2.75, 3.05) is 23.3 Å². The quantitative estimate of drug-likeness (QED) is 0.719. The van der Waals surface area contributed by atoms with Crippen molar-refractivity contribution in [3.63, 3.8) is 0 Å². The first-order chi connectivity index (χ1) is 12.6. The van der Waals surface area contributed by atoms with E-state index in [1.54, 1.807) is 17.5 Å². The fourth-order valence-corrected chi connectivity index (χ4v) is 4.44. The highest BCUT2D eigenvalue weighted by atomic mass is 35.5. The average molecular weight is 387 g/mol. The summed E-state index contributed by atoms with van der Waals surface area (Å²) in [5, 5.41) is 4.49. The third-order valence-electron chi connectivity index (χ3n) is 4.60. The molecule has 134 valence electrons. The molecule has 0 bridgehead atoms. The van der Waals surface area contributed by atoms with Crippen LogP contribution in [0.15, 0.2) is 36.5 Å². The number of carbonyl (C=O) groups excluding carboxylic acids is 1. The first kappa shape index (κ1) is 17.2. The van der Waals surface area contributed by atoms with Gasteiger partial charge in [0.25, 0.3) is 0 Å². The average Bonchev–Trinajstić information content (AvgIpc) is 3.08. The van der Waals surface area contributed by atoms with Gasteiger partial charge >= 0.3 is 0 Å². The molecule has 2 aromatic heterocycles. The van der Waals surface area contributed by atoms with Crippen molar-refractivity contribution in [1.82, 2.24) is 9.97 Å². The molecule has 26 heavy (non-hydrogen) atoms. The summed E-state index contributed by atoms with van der Waals surface area (Å²) < 4.78 is 0. The van der Waals surface area contributed by atoms with E-state index in [0.717, 1.165) is 40.4 Å². The van der Waals surface area contributed by atoms with Gasteiger partial charge < -0.3 is 10.2 Å². The van der Waals surface area contributed by atoms with Crippen LogP contribution >= 0.6 is 22.9 Å². The molecule has 0 unspecified atom stereocenters. The lowest BCUT2D eigenvalue weighted by Gasteiger charge is -2.31. The zero-order valence-electron chi connectivity index (χ0n) is 14.4. The molecule has 1 aliphatic heterocycles. The monoisotopic (exact) mass is 386 g/mol. The molecule has 1 amide bonds. The maximum atomic E-state index is 12.7. The van der Waals surface area contributed by atoms with Crippen molar-refractivity contribution in [2.24, 2.45) is 5.92 Å². The van der Waals surface area contributed by atoms with E-state index in [-0.39, 0.29) is 11.8 Å². The Labute approximate surface area is 161 Å². The van der Waals surface area contributed by atoms with Crippen molar-refractivity contribution in [3.05, 3.63) is 47.1 Å². The number of carbonyl (C=O) groups is 1. The molecule has 0 spiro atoms. The summed E-state index contributed by atoms with van der Waals surface area (Å²) >= 11 is 7.82. The largest absolute Gasteiger partial charge is 0.347 e. The van der Waals surface area contributed by atoms with E-state index in [2.05, 4.69) is 20.2 Å². The summed E-state index contributed by atoms with van der Waals surface area (Å²) in [6.45, 7) is 3.55. The lowest BCUT2D eigenvalue weighted by Crippen LogP contribution is -2.40. The highest BCUT2D eigenvalue weighted by Crippen LogP contribution is 2.31. The number of anilines is 2. The van der Waals surface area contributed by atoms with Gasteiger partial charge in [-0.3, -0.25) is 4.79 Å². The Hall–Kier alpha value is -2.18. The van der Waals surface area contributed by atoms with Crippen LogP contribution in [0, 0.1) is 12.8 Å². The number of thiazole rings is 1. The van der Waals surface area contributed by atoms with E-state index in [9.17, 15) is 4.79 Å². The number of pyridine rings is 1. The number of halogens is 1. The smallest absolute Gasteiger partial charge is 0.229 e. The van der Waals surface area contributed by atoms with Crippen LogP contribution in [-0.2, 0) is 4.79 Å². The Morgan fingerprint density at radius 3 is 3.08 bits per heavy atom. The first-order valence-corrected chi connectivity index (χ1v) is 9.83. The fraction of sp³-hybridized carbons (Fsp3) is 0.316. The van der Waals surface area contributed by atoms with Crippen LogP contribution in [0.1, 0.15) is 18.4 Å². The molecule has 0 saturated carbocycles. The van der Waals surface area contributed by atoms with Crippen LogP contribution in [0.5, 0.6) is 0 Å². The minimum Gasteiger partial charge on any atom is -0.347 e. The number of aryl methyl sites for hydroxylation is 1. The van der Waals surface area contributed by atoms with Gasteiger partial charge in [0.2, 0.25) is 5.91 Å². The maximum Gasteiger partial charge on any atom is 0.229 e. The molecule has 3 aromatic rings. The number of benzene rings is 1. The van der Waals surface area contributed by atoms with Gasteiger partial charge in [-0.1, -0.05) is 29.0 Å². The topological polar surface area (TPSA) is 58.1 Å². The second-order valence-corrected chi connectivity index (χ2v) is 7.95. The number of nitrogens with zero attached hydrogens (tertiary/aromatic N) is 3. The lowest BCUT2D eigenvalue weighted by atomic mass is 9.97. The normalized spacial score (nSPS) is 17.5. The van der Waals surface area contributed by atoms with E-state index in [0.29, 0.717) is 17.3 Å². The second-order valence-electron chi connectivity index (χ2n) is 6.58. The molecule has 1 aliphatic rings. The number of aromatic nitrogens is 2. The van der Waals surface area contributed by atoms with Gasteiger partial charge in [-0.25, -0.2) is 9.97 Å². The summed E-state index contributed by atoms with van der Waals surface area (Å²) in [4.78, 5) is 24.9. The predicted molar refractivity (Wildman–Crippen MR) is 107 cm³/mol. The molecule has 1 saturated heterocycles. The van der Waals surface area contributed by atoms with Gasteiger partial charge in [-0.05, 0) is 49.6 Å². The number of hydrogen-bond acceptors (Lipinski definition) is 5. The summed E-state index contributed by atoms with van der Waals surface area (Å²) in [7, 11) is 0. The molecular weight excluding hydrogens is 368 g/mol. The summed E-state index contributed by atoms with van der Waals surface area (Å²) in [6.07, 6.45) is 3.61. The summed E-state index contributed by atoms with van der Waals surface area (Å²) in [6, 6.07) is 9.52. The standard InChI is InChI=1S/C19H19ClN4OS/c1-12-6-7-15(14(20)10-12)22-17(25)13-4-3-9-24(11-13)19-23-16-5-2-8-21-18(16)26-19/h2,5-8,10,13H,3-4,9,11H2,1H3,(H,22,25)/t13-/m0/s1. The van der Waals surface area contributed by atoms with Crippen molar-refractivity contribution < 1.29 is 4.79 Å². The number of rotatable bonds is 3. The van der Waals surface area contributed by atoms with Crippen molar-refractivity contribution in [1.29, 1.82) is 0 Å². The maximum absolute atomic E-state index is 12.7. The van der Waals surface area contributed by atoms with Crippen LogP contribution in [-0.4, -0.2) is 29.0 Å². The molecule has 5 nitrogen and oxygen atoms in total. The highest BCUT2D eigenvalue weighted by Gasteiger charge is 2.28. The predicted octanol–water partition coefficient (Wildman–Crippen LogP) is 4.51. The number of hydrogen-bond donors (Lipinski definition) is 1. The Balaban J connectivity index is 1.48. The van der Waals surface area contributed by atoms with Crippen LogP contribution in [0.4, 0.5) is 10.8 Å². The molecule has 0 aliphatic carbocycles. The number of fused-ring (bicyclic) bond motifs is 1. The molecule has 1 fully saturated rings. The zero-order valence-corrected chi connectivity index (χ0v) is 16.0. The van der Waals surface area contributed by atoms with Crippen LogP contribution in [0.2, 0.25) is 5.02 Å². The molecule has 3 heterocycles. The van der Waals surface area contributed by atoms with E-state index in [4.69, 9.17) is 11.6 Å². The number of nitrogens with one attached hydrogen (secondary N) is 1. The van der Waals surface area contributed by atoms with Gasteiger partial charge in [-0.15, -0.1) is 0 Å². The molecule has 1 N–H and O–H groups in total. The first-order valence-electron chi connectivity index (χ1n) is 8.63. The Morgan fingerprint density at radius 2 is 2.27 bits per heavy atom. The van der Waals surface area contributed by atoms with Crippen LogP contribution in [0.3, 0.4) is 0 Å². The molecule has 0 radical (unpaired) electrons. The van der Waals surface area contributed by atoms with Gasteiger partial charge in [0.15, 0.2) is 5.13 Å². The van der Waals surface area contributed by atoms with Gasteiger partial charge in [0.05, 0.1) is 16.6 Å². The van der Waals surface area contributed by atoms with E-state index in [1.165, 1.54) is 0 Å². The van der Waals surface area contributed by atoms with Crippen molar-refractivity contribution in [2.45, 2.75) is 19.8 Å². The third-order valence-corrected chi connectivity index (χ3v) is 5.95. The lowest BCUT2D eigenvalue weighted by molar-refractivity contribution is -0.120. The minimum atomic E-state index is -0.0823. The van der Waals surface area contributed by atoms with E-state index < -0.39 is 0 Å². The van der Waals surface area contributed by atoms with Gasteiger partial charge in [0, 0.05) is 19.3 Å². The molecule has 1 atom stereocenters. The van der Waals surface area contributed by atoms with Gasteiger partial charge in [-0.2, -0.15) is 0 Å². The summed E-state index contributed by atoms with van der Waals surface area (Å²) in [5.41, 5.74) is 2.65. The summed E-state index contributed by atoms with van der Waals surface area (Å²) in [5.74, 6) is -0.0687. The highest BCUT2D eigenvalue weighted by molar-refractivity contribution is 7.21.